The monoisotopic (exact) mass is 594 g/mol. The lowest BCUT2D eigenvalue weighted by molar-refractivity contribution is -0.144. The summed E-state index contributed by atoms with van der Waals surface area (Å²) in [5.41, 5.74) is 3.95. The number of aromatic nitrogens is 4. The van der Waals surface area contributed by atoms with Gasteiger partial charge < -0.3 is 15.3 Å². The molecule has 11 nitrogen and oxygen atoms in total. The number of carbonyl (C=O) groups excluding carboxylic acids is 3. The van der Waals surface area contributed by atoms with Gasteiger partial charge in [-0.2, -0.15) is 5.10 Å². The molecule has 2 fully saturated rings. The van der Waals surface area contributed by atoms with Crippen LogP contribution in [0.2, 0.25) is 0 Å². The molecule has 0 unspecified atom stereocenters. The summed E-state index contributed by atoms with van der Waals surface area (Å²) < 4.78 is 1.54. The molecule has 2 N–H and O–H groups in total. The first-order chi connectivity index (χ1) is 20.9. The third-order valence-electron chi connectivity index (χ3n) is 8.89. The number of likely N-dealkylation sites (tertiary alicyclic amines) is 1. The molecule has 3 heterocycles. The fourth-order valence-corrected chi connectivity index (χ4v) is 6.50. The summed E-state index contributed by atoms with van der Waals surface area (Å²) in [6.45, 7) is 7.02. The summed E-state index contributed by atoms with van der Waals surface area (Å²) >= 11 is 0. The molecular weight excluding hydrogens is 560 g/mol. The molecule has 2 amide bonds. The number of aliphatic carboxylic acids is 1. The maximum Gasteiger partial charge on any atom is 0.326 e. The first kappa shape index (κ1) is 29.2. The van der Waals surface area contributed by atoms with E-state index in [1.54, 1.807) is 28.9 Å². The van der Waals surface area contributed by atoms with Gasteiger partial charge in [-0.15, -0.1) is 0 Å². The molecule has 0 spiro atoms. The highest BCUT2D eigenvalue weighted by Crippen LogP contribution is 2.59. The van der Waals surface area contributed by atoms with Crippen molar-refractivity contribution < 1.29 is 24.3 Å². The predicted octanol–water partition coefficient (Wildman–Crippen LogP) is 3.50. The molecule has 1 saturated heterocycles. The van der Waals surface area contributed by atoms with Gasteiger partial charge in [0.05, 0.1) is 5.52 Å². The number of hydrogen-bond donors (Lipinski definition) is 2. The molecule has 0 bridgehead atoms. The van der Waals surface area contributed by atoms with Crippen LogP contribution in [-0.2, 0) is 27.3 Å². The molecule has 2 aromatic heterocycles. The standard InChI is InChI=1S/C33H34N6O5/c1-18-10-22(23-15-34-20(3)35-16-23)12-24-29(19(2)40)37-38(30(18)24)17-28(41)39-26(13-33(4)14-27(33)39)31(42)36-25(32(43)44)11-21-8-6-5-7-9-21/h5-10,12,15-16,25-27H,11,13-14,17H2,1-4H3,(H,36,42)(H,43,44)/t25-,26+,27+,33-/m0/s1. The number of nitrogens with one attached hydrogen (secondary N) is 1. The van der Waals surface area contributed by atoms with Crippen molar-refractivity contribution in [3.8, 4) is 11.1 Å². The molecule has 1 aliphatic carbocycles. The molecule has 44 heavy (non-hydrogen) atoms. The normalized spacial score (nSPS) is 21.1. The number of carbonyl (C=O) groups is 4. The molecule has 11 heteroatoms. The van der Waals surface area contributed by atoms with Gasteiger partial charge in [0.15, 0.2) is 5.78 Å². The van der Waals surface area contributed by atoms with E-state index in [0.29, 0.717) is 23.1 Å². The molecule has 1 saturated carbocycles. The molecular formula is C33H34N6O5. The highest BCUT2D eigenvalue weighted by Gasteiger charge is 2.64. The van der Waals surface area contributed by atoms with Crippen LogP contribution in [0, 0.1) is 19.3 Å². The summed E-state index contributed by atoms with van der Waals surface area (Å²) in [4.78, 5) is 62.3. The van der Waals surface area contributed by atoms with Gasteiger partial charge in [0.1, 0.15) is 30.1 Å². The van der Waals surface area contributed by atoms with E-state index in [1.807, 2.05) is 56.3 Å². The summed E-state index contributed by atoms with van der Waals surface area (Å²) in [6, 6.07) is 10.9. The van der Waals surface area contributed by atoms with Crippen molar-refractivity contribution in [2.75, 3.05) is 0 Å². The fourth-order valence-electron chi connectivity index (χ4n) is 6.50. The van der Waals surface area contributed by atoms with E-state index >= 15 is 0 Å². The number of hydrogen-bond acceptors (Lipinski definition) is 7. The highest BCUT2D eigenvalue weighted by atomic mass is 16.4. The van der Waals surface area contributed by atoms with E-state index in [-0.39, 0.29) is 41.8 Å². The number of benzene rings is 2. The van der Waals surface area contributed by atoms with Gasteiger partial charge in [0.25, 0.3) is 0 Å². The second kappa shape index (κ2) is 11.0. The Balaban J connectivity index is 1.27. The lowest BCUT2D eigenvalue weighted by Crippen LogP contribution is -2.53. The Morgan fingerprint density at radius 3 is 2.41 bits per heavy atom. The van der Waals surface area contributed by atoms with Crippen molar-refractivity contribution in [1.29, 1.82) is 0 Å². The Bertz CT molecular complexity index is 1800. The quantitative estimate of drug-likeness (QED) is 0.280. The van der Waals surface area contributed by atoms with Crippen LogP contribution in [0.5, 0.6) is 0 Å². The topological polar surface area (TPSA) is 147 Å². The van der Waals surface area contributed by atoms with E-state index in [1.165, 1.54) is 6.92 Å². The minimum atomic E-state index is -1.14. The lowest BCUT2D eigenvalue weighted by atomic mass is 10.0. The van der Waals surface area contributed by atoms with Gasteiger partial charge in [-0.3, -0.25) is 19.1 Å². The molecule has 0 radical (unpaired) electrons. The van der Waals surface area contributed by atoms with Crippen molar-refractivity contribution in [1.82, 2.24) is 30.0 Å². The van der Waals surface area contributed by atoms with Crippen LogP contribution in [0.3, 0.4) is 0 Å². The second-order valence-electron chi connectivity index (χ2n) is 12.3. The van der Waals surface area contributed by atoms with Crippen LogP contribution in [0.4, 0.5) is 0 Å². The third-order valence-corrected chi connectivity index (χ3v) is 8.89. The molecule has 4 atom stereocenters. The van der Waals surface area contributed by atoms with E-state index in [2.05, 4.69) is 20.4 Å². The lowest BCUT2D eigenvalue weighted by Gasteiger charge is -2.28. The van der Waals surface area contributed by atoms with Crippen LogP contribution < -0.4 is 5.32 Å². The average molecular weight is 595 g/mol. The number of aryl methyl sites for hydroxylation is 2. The Morgan fingerprint density at radius 1 is 1.05 bits per heavy atom. The van der Waals surface area contributed by atoms with Gasteiger partial charge in [-0.05, 0) is 60.9 Å². The van der Waals surface area contributed by atoms with Gasteiger partial charge in [-0.1, -0.05) is 37.3 Å². The Morgan fingerprint density at radius 2 is 1.75 bits per heavy atom. The SMILES string of the molecule is CC(=O)c1nn(CC(=O)N2[C@@H](C(=O)N[C@@H](Cc3ccccc3)C(=O)O)C[C@@]3(C)C[C@@H]23)c2c(C)cc(-c3cnc(C)nc3)cc12. The van der Waals surface area contributed by atoms with Crippen molar-refractivity contribution in [3.05, 3.63) is 77.5 Å². The number of rotatable bonds is 9. The van der Waals surface area contributed by atoms with Gasteiger partial charge >= 0.3 is 5.97 Å². The van der Waals surface area contributed by atoms with Gasteiger partial charge in [0.2, 0.25) is 11.8 Å². The zero-order valence-corrected chi connectivity index (χ0v) is 25.1. The number of amides is 2. The first-order valence-corrected chi connectivity index (χ1v) is 14.6. The molecule has 6 rings (SSSR count). The van der Waals surface area contributed by atoms with E-state index in [0.717, 1.165) is 28.7 Å². The summed E-state index contributed by atoms with van der Waals surface area (Å²) in [6.07, 6.45) is 4.81. The third kappa shape index (κ3) is 5.34. The number of nitrogens with zero attached hydrogens (tertiary/aromatic N) is 5. The number of carboxylic acid groups (broad SMARTS) is 1. The highest BCUT2D eigenvalue weighted by molar-refractivity contribution is 6.07. The molecule has 226 valence electrons. The number of carboxylic acids is 1. The number of piperidine rings is 1. The van der Waals surface area contributed by atoms with E-state index in [9.17, 15) is 24.3 Å². The predicted molar refractivity (Wildman–Crippen MR) is 162 cm³/mol. The Labute approximate surface area is 254 Å². The zero-order chi connectivity index (χ0) is 31.3. The minimum Gasteiger partial charge on any atom is -0.480 e. The van der Waals surface area contributed by atoms with Crippen molar-refractivity contribution >= 4 is 34.5 Å². The molecule has 2 aliphatic rings. The smallest absolute Gasteiger partial charge is 0.326 e. The first-order valence-electron chi connectivity index (χ1n) is 14.6. The van der Waals surface area contributed by atoms with E-state index < -0.39 is 24.0 Å². The summed E-state index contributed by atoms with van der Waals surface area (Å²) in [7, 11) is 0. The van der Waals surface area contributed by atoms with Gasteiger partial charge in [0, 0.05) is 42.7 Å². The van der Waals surface area contributed by atoms with Crippen molar-refractivity contribution in [2.45, 2.75) is 71.6 Å². The van der Waals surface area contributed by atoms with Crippen LogP contribution in [0.25, 0.3) is 22.0 Å². The second-order valence-corrected chi connectivity index (χ2v) is 12.3. The summed E-state index contributed by atoms with van der Waals surface area (Å²) in [5, 5.41) is 17.7. The minimum absolute atomic E-state index is 0.119. The molecule has 2 aromatic carbocycles. The van der Waals surface area contributed by atoms with Crippen molar-refractivity contribution in [2.24, 2.45) is 5.41 Å². The number of ketones is 1. The number of Topliss-reactive ketones (excluding diaryl/α,β-unsaturated/α-hetero) is 1. The van der Waals surface area contributed by atoms with Crippen LogP contribution >= 0.6 is 0 Å². The van der Waals surface area contributed by atoms with Crippen LogP contribution in [0.1, 0.15) is 54.1 Å². The molecule has 1 aliphatic heterocycles. The van der Waals surface area contributed by atoms with Crippen LogP contribution in [-0.4, -0.2) is 71.4 Å². The Kier molecular flexibility index (Phi) is 7.27. The van der Waals surface area contributed by atoms with Crippen molar-refractivity contribution in [3.63, 3.8) is 0 Å². The Hall–Kier alpha value is -4.93. The van der Waals surface area contributed by atoms with E-state index in [4.69, 9.17) is 0 Å². The fraction of sp³-hybridized carbons (Fsp3) is 0.364. The maximum atomic E-state index is 13.9. The average Bonchev–Trinajstić information content (AvgIpc) is 3.33. The van der Waals surface area contributed by atoms with Gasteiger partial charge in [-0.25, -0.2) is 14.8 Å². The zero-order valence-electron chi connectivity index (χ0n) is 25.1. The van der Waals surface area contributed by atoms with Crippen LogP contribution in [0.15, 0.2) is 54.9 Å². The largest absolute Gasteiger partial charge is 0.480 e. The summed E-state index contributed by atoms with van der Waals surface area (Å²) in [5.74, 6) is -1.50. The molecule has 4 aromatic rings. The maximum absolute atomic E-state index is 13.9. The number of fused-ring (bicyclic) bond motifs is 2.